The lowest BCUT2D eigenvalue weighted by Gasteiger charge is -2.22. The minimum Gasteiger partial charge on any atom is -0.496 e. The van der Waals surface area contributed by atoms with Gasteiger partial charge in [-0.3, -0.25) is 0 Å². The van der Waals surface area contributed by atoms with Crippen LogP contribution in [0.3, 0.4) is 0 Å². The summed E-state index contributed by atoms with van der Waals surface area (Å²) >= 11 is 3.26. The Labute approximate surface area is 127 Å². The maximum Gasteiger partial charge on any atom is 0.241 e. The third-order valence-corrected chi connectivity index (χ3v) is 4.82. The maximum absolute atomic E-state index is 12.2. The number of ether oxygens (including phenoxy) is 3. The second-order valence-electron chi connectivity index (χ2n) is 4.05. The van der Waals surface area contributed by atoms with E-state index in [2.05, 4.69) is 20.7 Å². The molecule has 0 spiro atoms. The van der Waals surface area contributed by atoms with Gasteiger partial charge in [0, 0.05) is 14.2 Å². The summed E-state index contributed by atoms with van der Waals surface area (Å²) in [5, 5.41) is 0. The molecule has 114 valence electrons. The third kappa shape index (κ3) is 4.16. The highest BCUT2D eigenvalue weighted by Gasteiger charge is 2.24. The molecule has 0 aliphatic heterocycles. The topological polar surface area (TPSA) is 73.9 Å². The second-order valence-corrected chi connectivity index (χ2v) is 6.61. The van der Waals surface area contributed by atoms with E-state index in [0.29, 0.717) is 10.2 Å². The molecule has 1 unspecified atom stereocenters. The van der Waals surface area contributed by atoms with Gasteiger partial charge < -0.3 is 14.2 Å². The third-order valence-electron chi connectivity index (χ3n) is 2.65. The standard InChI is InChI=1S/C12H18BrNO5S/c1-8(12(18-3)19-4)14-20(15,16)9-5-6-11(17-2)10(13)7-9/h5-8,12,14H,1-4H3. The molecule has 0 saturated heterocycles. The molecule has 0 heterocycles. The van der Waals surface area contributed by atoms with Crippen LogP contribution in [0.5, 0.6) is 5.75 Å². The van der Waals surface area contributed by atoms with Crippen LogP contribution >= 0.6 is 15.9 Å². The number of hydrogen-bond acceptors (Lipinski definition) is 5. The van der Waals surface area contributed by atoms with E-state index in [1.165, 1.54) is 33.5 Å². The molecule has 0 saturated carbocycles. The Kier molecular flexibility index (Phi) is 6.41. The number of benzene rings is 1. The van der Waals surface area contributed by atoms with E-state index in [0.717, 1.165) is 0 Å². The summed E-state index contributed by atoms with van der Waals surface area (Å²) in [5.74, 6) is 0.559. The zero-order valence-electron chi connectivity index (χ0n) is 11.7. The smallest absolute Gasteiger partial charge is 0.241 e. The lowest BCUT2D eigenvalue weighted by Crippen LogP contribution is -2.42. The number of rotatable bonds is 7. The van der Waals surface area contributed by atoms with Crippen LogP contribution in [0, 0.1) is 0 Å². The van der Waals surface area contributed by atoms with Crippen molar-refractivity contribution in [2.24, 2.45) is 0 Å². The zero-order valence-corrected chi connectivity index (χ0v) is 14.1. The zero-order chi connectivity index (χ0) is 15.3. The molecule has 0 aliphatic carbocycles. The predicted octanol–water partition coefficient (Wildman–Crippen LogP) is 1.74. The largest absolute Gasteiger partial charge is 0.496 e. The summed E-state index contributed by atoms with van der Waals surface area (Å²) in [6, 6.07) is 3.99. The fourth-order valence-corrected chi connectivity index (χ4v) is 3.64. The van der Waals surface area contributed by atoms with Crippen molar-refractivity contribution in [3.05, 3.63) is 22.7 Å². The van der Waals surface area contributed by atoms with E-state index < -0.39 is 22.4 Å². The highest BCUT2D eigenvalue weighted by Crippen LogP contribution is 2.27. The summed E-state index contributed by atoms with van der Waals surface area (Å²) in [7, 11) is 0.737. The number of nitrogens with one attached hydrogen (secondary N) is 1. The first-order valence-corrected chi connectivity index (χ1v) is 8.04. The summed E-state index contributed by atoms with van der Waals surface area (Å²) in [5.41, 5.74) is 0. The Hall–Kier alpha value is -0.670. The summed E-state index contributed by atoms with van der Waals surface area (Å²) in [6.07, 6.45) is -0.661. The molecule has 0 amide bonds. The van der Waals surface area contributed by atoms with Crippen LogP contribution in [-0.2, 0) is 19.5 Å². The molecule has 0 radical (unpaired) electrons. The van der Waals surface area contributed by atoms with Gasteiger partial charge in [0.1, 0.15) is 5.75 Å². The van der Waals surface area contributed by atoms with E-state index >= 15 is 0 Å². The van der Waals surface area contributed by atoms with Crippen LogP contribution in [0.15, 0.2) is 27.6 Å². The summed E-state index contributed by atoms with van der Waals surface area (Å²) in [4.78, 5) is 0.128. The van der Waals surface area contributed by atoms with Gasteiger partial charge in [-0.2, -0.15) is 0 Å². The molecule has 0 aliphatic rings. The van der Waals surface area contributed by atoms with Crippen molar-refractivity contribution in [3.63, 3.8) is 0 Å². The van der Waals surface area contributed by atoms with E-state index in [4.69, 9.17) is 14.2 Å². The van der Waals surface area contributed by atoms with Crippen LogP contribution in [0.4, 0.5) is 0 Å². The van der Waals surface area contributed by atoms with Gasteiger partial charge in [-0.25, -0.2) is 13.1 Å². The molecule has 8 heteroatoms. The fourth-order valence-electron chi connectivity index (χ4n) is 1.69. The van der Waals surface area contributed by atoms with Crippen LogP contribution in [0.2, 0.25) is 0 Å². The molecule has 0 fully saturated rings. The van der Waals surface area contributed by atoms with Gasteiger partial charge in [-0.1, -0.05) is 0 Å². The normalized spacial score (nSPS) is 13.5. The van der Waals surface area contributed by atoms with E-state index in [-0.39, 0.29) is 4.90 Å². The van der Waals surface area contributed by atoms with Gasteiger partial charge in [0.05, 0.1) is 22.5 Å². The molecule has 1 atom stereocenters. The predicted molar refractivity (Wildman–Crippen MR) is 78.3 cm³/mol. The Bertz CT molecular complexity index is 545. The van der Waals surface area contributed by atoms with Gasteiger partial charge in [-0.15, -0.1) is 0 Å². The number of sulfonamides is 1. The summed E-state index contributed by atoms with van der Waals surface area (Å²) in [6.45, 7) is 1.66. The molecular weight excluding hydrogens is 350 g/mol. The van der Waals surface area contributed by atoms with Crippen molar-refractivity contribution in [1.29, 1.82) is 0 Å². The van der Waals surface area contributed by atoms with Crippen molar-refractivity contribution in [2.75, 3.05) is 21.3 Å². The fraction of sp³-hybridized carbons (Fsp3) is 0.500. The SMILES string of the molecule is COc1ccc(S(=O)(=O)NC(C)C(OC)OC)cc1Br. The second kappa shape index (κ2) is 7.37. The number of methoxy groups -OCH3 is 3. The van der Waals surface area contributed by atoms with Crippen molar-refractivity contribution in [3.8, 4) is 5.75 Å². The van der Waals surface area contributed by atoms with Crippen molar-refractivity contribution in [1.82, 2.24) is 4.72 Å². The average Bonchev–Trinajstić information content (AvgIpc) is 2.39. The van der Waals surface area contributed by atoms with Gasteiger partial charge in [0.2, 0.25) is 10.0 Å². The molecule has 0 bridgehead atoms. The Balaban J connectivity index is 2.97. The van der Waals surface area contributed by atoms with Gasteiger partial charge in [-0.05, 0) is 41.1 Å². The highest BCUT2D eigenvalue weighted by molar-refractivity contribution is 9.10. The molecular formula is C12H18BrNO5S. The van der Waals surface area contributed by atoms with E-state index in [9.17, 15) is 8.42 Å². The van der Waals surface area contributed by atoms with Gasteiger partial charge >= 0.3 is 0 Å². The molecule has 0 aromatic heterocycles. The van der Waals surface area contributed by atoms with Crippen molar-refractivity contribution in [2.45, 2.75) is 24.2 Å². The molecule has 20 heavy (non-hydrogen) atoms. The molecule has 1 N–H and O–H groups in total. The minimum absolute atomic E-state index is 0.128. The Morgan fingerprint density at radius 3 is 2.25 bits per heavy atom. The molecule has 1 aromatic rings. The highest BCUT2D eigenvalue weighted by atomic mass is 79.9. The average molecular weight is 368 g/mol. The summed E-state index contributed by atoms with van der Waals surface area (Å²) < 4.78 is 42.7. The minimum atomic E-state index is -3.67. The Morgan fingerprint density at radius 2 is 1.80 bits per heavy atom. The first-order chi connectivity index (χ1) is 9.35. The van der Waals surface area contributed by atoms with Crippen molar-refractivity contribution < 1.29 is 22.6 Å². The van der Waals surface area contributed by atoms with Crippen LogP contribution < -0.4 is 9.46 Å². The molecule has 6 nitrogen and oxygen atoms in total. The van der Waals surface area contributed by atoms with Crippen LogP contribution in [-0.4, -0.2) is 42.1 Å². The van der Waals surface area contributed by atoms with E-state index in [1.807, 2.05) is 0 Å². The first-order valence-electron chi connectivity index (χ1n) is 5.77. The van der Waals surface area contributed by atoms with Gasteiger partial charge in [0.15, 0.2) is 6.29 Å². The van der Waals surface area contributed by atoms with E-state index in [1.54, 1.807) is 13.0 Å². The van der Waals surface area contributed by atoms with Crippen LogP contribution in [0.25, 0.3) is 0 Å². The number of halogens is 1. The maximum atomic E-state index is 12.2. The Morgan fingerprint density at radius 1 is 1.20 bits per heavy atom. The lowest BCUT2D eigenvalue weighted by molar-refractivity contribution is -0.115. The molecule has 1 aromatic carbocycles. The monoisotopic (exact) mass is 367 g/mol. The quantitative estimate of drug-likeness (QED) is 0.743. The molecule has 1 rings (SSSR count). The van der Waals surface area contributed by atoms with Crippen LogP contribution in [0.1, 0.15) is 6.92 Å². The van der Waals surface area contributed by atoms with Crippen molar-refractivity contribution >= 4 is 26.0 Å². The first kappa shape index (κ1) is 17.4. The number of hydrogen-bond donors (Lipinski definition) is 1. The van der Waals surface area contributed by atoms with Gasteiger partial charge in [0.25, 0.3) is 0 Å². The lowest BCUT2D eigenvalue weighted by atomic mass is 10.3.